The molecule has 1 aliphatic rings. The minimum absolute atomic E-state index is 0.164. The van der Waals surface area contributed by atoms with Crippen molar-refractivity contribution < 1.29 is 14.3 Å². The molecule has 0 radical (unpaired) electrons. The van der Waals surface area contributed by atoms with Crippen molar-refractivity contribution in [3.8, 4) is 11.5 Å². The fourth-order valence-electron chi connectivity index (χ4n) is 3.06. The third-order valence-corrected chi connectivity index (χ3v) is 6.14. The topological polar surface area (TPSA) is 38.8 Å². The van der Waals surface area contributed by atoms with Gasteiger partial charge in [0.2, 0.25) is 0 Å². The lowest BCUT2D eigenvalue weighted by Gasteiger charge is -2.14. The van der Waals surface area contributed by atoms with Crippen molar-refractivity contribution in [1.82, 2.24) is 0 Å². The molecule has 0 unspecified atom stereocenters. The van der Waals surface area contributed by atoms with Gasteiger partial charge in [-0.3, -0.25) is 9.69 Å². The molecule has 7 heteroatoms. The van der Waals surface area contributed by atoms with Crippen LogP contribution in [-0.4, -0.2) is 23.9 Å². The Balaban J connectivity index is 1.74. The fraction of sp³-hybridized carbons (Fsp3) is 0.304. The van der Waals surface area contributed by atoms with E-state index in [1.54, 1.807) is 25.3 Å². The average molecular weight is 462 g/mol. The second-order valence-corrected chi connectivity index (χ2v) is 8.93. The normalized spacial score (nSPS) is 15.2. The molecule has 1 fully saturated rings. The zero-order valence-corrected chi connectivity index (χ0v) is 19.4. The predicted molar refractivity (Wildman–Crippen MR) is 130 cm³/mol. The Kier molecular flexibility index (Phi) is 8.19. The van der Waals surface area contributed by atoms with Crippen LogP contribution >= 0.6 is 35.6 Å². The van der Waals surface area contributed by atoms with Gasteiger partial charge in [0.25, 0.3) is 5.91 Å². The molecule has 1 aliphatic heterocycles. The first-order valence-electron chi connectivity index (χ1n) is 9.88. The number of hydrogen-bond donors (Lipinski definition) is 0. The van der Waals surface area contributed by atoms with E-state index in [0.29, 0.717) is 38.0 Å². The molecule has 0 aliphatic carbocycles. The van der Waals surface area contributed by atoms with Crippen LogP contribution in [0.15, 0.2) is 47.4 Å². The molecule has 1 heterocycles. The molecule has 0 N–H and O–H groups in total. The summed E-state index contributed by atoms with van der Waals surface area (Å²) in [6.07, 6.45) is 6.40. The van der Waals surface area contributed by atoms with Crippen LogP contribution < -0.4 is 14.4 Å². The highest BCUT2D eigenvalue weighted by Crippen LogP contribution is 2.37. The number of thiocarbonyl (C=S) groups is 1. The summed E-state index contributed by atoms with van der Waals surface area (Å²) in [6.45, 7) is 2.85. The quantitative estimate of drug-likeness (QED) is 0.235. The number of carbonyl (C=O) groups excluding carboxylic acids is 1. The molecule has 1 amide bonds. The van der Waals surface area contributed by atoms with E-state index >= 15 is 0 Å². The van der Waals surface area contributed by atoms with Gasteiger partial charge in [0, 0.05) is 5.02 Å². The van der Waals surface area contributed by atoms with Gasteiger partial charge >= 0.3 is 0 Å². The third-order valence-electron chi connectivity index (χ3n) is 4.60. The summed E-state index contributed by atoms with van der Waals surface area (Å²) in [6, 6.07) is 12.8. The van der Waals surface area contributed by atoms with E-state index in [4.69, 9.17) is 33.3 Å². The minimum Gasteiger partial charge on any atom is -0.493 e. The Morgan fingerprint density at radius 2 is 1.97 bits per heavy atom. The number of anilines is 1. The van der Waals surface area contributed by atoms with Crippen molar-refractivity contribution in [1.29, 1.82) is 0 Å². The second kappa shape index (κ2) is 10.8. The molecular formula is C23H24ClNO3S2. The summed E-state index contributed by atoms with van der Waals surface area (Å²) in [7, 11) is 1.61. The highest BCUT2D eigenvalue weighted by Gasteiger charge is 2.33. The molecule has 0 atom stereocenters. The van der Waals surface area contributed by atoms with Gasteiger partial charge in [-0.15, -0.1) is 0 Å². The maximum atomic E-state index is 12.9. The maximum absolute atomic E-state index is 12.9. The number of carbonyl (C=O) groups is 1. The van der Waals surface area contributed by atoms with E-state index in [1.807, 2.05) is 30.3 Å². The van der Waals surface area contributed by atoms with E-state index < -0.39 is 0 Å². The Labute approximate surface area is 192 Å². The molecule has 4 nitrogen and oxygen atoms in total. The lowest BCUT2D eigenvalue weighted by atomic mass is 10.1. The van der Waals surface area contributed by atoms with Crippen LogP contribution in [0.3, 0.4) is 0 Å². The second-order valence-electron chi connectivity index (χ2n) is 6.82. The standard InChI is InChI=1S/C23H24ClNO3S2/c1-3-4-5-6-12-28-19-11-10-16(13-20(19)27-2)14-21-22(26)25(23(29)30-21)18-9-7-8-17(24)15-18/h7-11,13-15H,3-6,12H2,1-2H3/b21-14-. The molecule has 0 aromatic heterocycles. The molecule has 0 saturated carbocycles. The number of benzene rings is 2. The SMILES string of the molecule is CCCCCCOc1ccc(/C=C2\SC(=S)N(c3cccc(Cl)c3)C2=O)cc1OC. The van der Waals surface area contributed by atoms with E-state index in [0.717, 1.165) is 18.4 Å². The summed E-state index contributed by atoms with van der Waals surface area (Å²) < 4.78 is 11.8. The van der Waals surface area contributed by atoms with Crippen molar-refractivity contribution in [2.45, 2.75) is 32.6 Å². The lowest BCUT2D eigenvalue weighted by Crippen LogP contribution is -2.27. The first-order chi connectivity index (χ1) is 14.5. The zero-order valence-electron chi connectivity index (χ0n) is 17.0. The fourth-order valence-corrected chi connectivity index (χ4v) is 4.54. The molecule has 30 heavy (non-hydrogen) atoms. The van der Waals surface area contributed by atoms with Crippen LogP contribution in [0, 0.1) is 0 Å². The van der Waals surface area contributed by atoms with Gasteiger partial charge < -0.3 is 9.47 Å². The molecular weight excluding hydrogens is 438 g/mol. The molecule has 2 aromatic carbocycles. The van der Waals surface area contributed by atoms with Gasteiger partial charge in [0.15, 0.2) is 15.8 Å². The summed E-state index contributed by atoms with van der Waals surface area (Å²) in [5, 5.41) is 0.556. The smallest absolute Gasteiger partial charge is 0.270 e. The number of amides is 1. The number of methoxy groups -OCH3 is 1. The number of nitrogens with zero attached hydrogens (tertiary/aromatic N) is 1. The van der Waals surface area contributed by atoms with E-state index in [-0.39, 0.29) is 5.91 Å². The minimum atomic E-state index is -0.164. The average Bonchev–Trinajstić information content (AvgIpc) is 3.01. The van der Waals surface area contributed by atoms with Crippen LogP contribution in [0.5, 0.6) is 11.5 Å². The molecule has 0 spiro atoms. The Bertz CT molecular complexity index is 961. The third kappa shape index (κ3) is 5.56. The number of halogens is 1. The van der Waals surface area contributed by atoms with Gasteiger partial charge in [-0.1, -0.05) is 73.9 Å². The van der Waals surface area contributed by atoms with Crippen molar-refractivity contribution in [3.05, 3.63) is 58.0 Å². The summed E-state index contributed by atoms with van der Waals surface area (Å²) in [4.78, 5) is 15.0. The van der Waals surface area contributed by atoms with Gasteiger partial charge in [-0.25, -0.2) is 0 Å². The Morgan fingerprint density at radius 3 is 2.70 bits per heavy atom. The zero-order chi connectivity index (χ0) is 21.5. The monoisotopic (exact) mass is 461 g/mol. The van der Waals surface area contributed by atoms with Crippen LogP contribution in [-0.2, 0) is 4.79 Å². The molecule has 158 valence electrons. The molecule has 2 aromatic rings. The highest BCUT2D eigenvalue weighted by molar-refractivity contribution is 8.27. The lowest BCUT2D eigenvalue weighted by molar-refractivity contribution is -0.113. The van der Waals surface area contributed by atoms with Gasteiger partial charge in [0.05, 0.1) is 24.3 Å². The Morgan fingerprint density at radius 1 is 1.13 bits per heavy atom. The summed E-state index contributed by atoms with van der Waals surface area (Å²) in [5.74, 6) is 1.18. The van der Waals surface area contributed by atoms with Crippen molar-refractivity contribution in [3.63, 3.8) is 0 Å². The van der Waals surface area contributed by atoms with Crippen LogP contribution in [0.4, 0.5) is 5.69 Å². The van der Waals surface area contributed by atoms with Crippen LogP contribution in [0.25, 0.3) is 6.08 Å². The van der Waals surface area contributed by atoms with E-state index in [9.17, 15) is 4.79 Å². The number of rotatable bonds is 9. The first-order valence-corrected chi connectivity index (χ1v) is 11.5. The number of thioether (sulfide) groups is 1. The number of unbranched alkanes of at least 4 members (excludes halogenated alkanes) is 3. The Hall–Kier alpha value is -2.02. The highest BCUT2D eigenvalue weighted by atomic mass is 35.5. The predicted octanol–water partition coefficient (Wildman–Crippen LogP) is 6.71. The number of ether oxygens (including phenoxy) is 2. The van der Waals surface area contributed by atoms with Gasteiger partial charge in [-0.2, -0.15) is 0 Å². The van der Waals surface area contributed by atoms with Crippen molar-refractivity contribution in [2.75, 3.05) is 18.6 Å². The van der Waals surface area contributed by atoms with Crippen LogP contribution in [0.1, 0.15) is 38.2 Å². The molecule has 3 rings (SSSR count). The maximum Gasteiger partial charge on any atom is 0.270 e. The largest absolute Gasteiger partial charge is 0.493 e. The van der Waals surface area contributed by atoms with Gasteiger partial charge in [0.1, 0.15) is 0 Å². The summed E-state index contributed by atoms with van der Waals surface area (Å²) in [5.41, 5.74) is 1.51. The van der Waals surface area contributed by atoms with Crippen LogP contribution in [0.2, 0.25) is 5.02 Å². The molecule has 1 saturated heterocycles. The number of hydrogen-bond acceptors (Lipinski definition) is 5. The summed E-state index contributed by atoms with van der Waals surface area (Å²) >= 11 is 12.8. The molecule has 0 bridgehead atoms. The van der Waals surface area contributed by atoms with Crippen molar-refractivity contribution >= 4 is 57.6 Å². The van der Waals surface area contributed by atoms with Gasteiger partial charge in [-0.05, 0) is 48.4 Å². The van der Waals surface area contributed by atoms with Crippen molar-refractivity contribution in [2.24, 2.45) is 0 Å². The van der Waals surface area contributed by atoms with E-state index in [2.05, 4.69) is 6.92 Å². The van der Waals surface area contributed by atoms with E-state index in [1.165, 1.54) is 29.5 Å². The first kappa shape index (κ1) is 22.7.